The second kappa shape index (κ2) is 4.79. The highest BCUT2D eigenvalue weighted by Gasteiger charge is 2.33. The first-order valence-electron chi connectivity index (χ1n) is 5.60. The molecule has 0 amide bonds. The summed E-state index contributed by atoms with van der Waals surface area (Å²) in [5, 5.41) is 8.64. The van der Waals surface area contributed by atoms with E-state index in [0.717, 1.165) is 19.3 Å². The molecule has 14 heavy (non-hydrogen) atoms. The van der Waals surface area contributed by atoms with E-state index in [9.17, 15) is 0 Å². The third-order valence-corrected chi connectivity index (χ3v) is 2.84. The molecule has 1 fully saturated rings. The first-order chi connectivity index (χ1) is 6.56. The van der Waals surface area contributed by atoms with Gasteiger partial charge in [0.05, 0.1) is 24.2 Å². The van der Waals surface area contributed by atoms with Gasteiger partial charge in [0.1, 0.15) is 0 Å². The Labute approximate surface area is 87.3 Å². The first kappa shape index (κ1) is 11.5. The molecule has 1 heterocycles. The van der Waals surface area contributed by atoms with Crippen LogP contribution in [0, 0.1) is 17.2 Å². The Morgan fingerprint density at radius 3 is 2.86 bits per heavy atom. The monoisotopic (exact) mass is 195 g/mol. The van der Waals surface area contributed by atoms with E-state index in [2.05, 4.69) is 26.8 Å². The summed E-state index contributed by atoms with van der Waals surface area (Å²) in [6.07, 6.45) is 5.24. The lowest BCUT2D eigenvalue weighted by atomic mass is 9.85. The lowest BCUT2D eigenvalue weighted by Gasteiger charge is -2.39. The molecule has 2 unspecified atom stereocenters. The first-order valence-corrected chi connectivity index (χ1v) is 5.60. The van der Waals surface area contributed by atoms with Gasteiger partial charge in [0.15, 0.2) is 0 Å². The van der Waals surface area contributed by atoms with Crippen LogP contribution < -0.4 is 0 Å². The predicted molar refractivity (Wildman–Crippen MR) is 56.8 cm³/mol. The Kier molecular flexibility index (Phi) is 3.95. The van der Waals surface area contributed by atoms with Gasteiger partial charge in [-0.1, -0.05) is 13.8 Å². The molecule has 0 aliphatic carbocycles. The molecule has 2 atom stereocenters. The molecule has 1 aliphatic rings. The van der Waals surface area contributed by atoms with Gasteiger partial charge in [-0.15, -0.1) is 0 Å². The molecule has 1 saturated heterocycles. The van der Waals surface area contributed by atoms with Crippen molar-refractivity contribution in [3.05, 3.63) is 0 Å². The van der Waals surface area contributed by atoms with Crippen molar-refractivity contribution >= 4 is 0 Å². The van der Waals surface area contributed by atoms with Gasteiger partial charge in [0.25, 0.3) is 0 Å². The van der Waals surface area contributed by atoms with Crippen molar-refractivity contribution in [3.8, 4) is 6.07 Å². The minimum atomic E-state index is 0.0218. The minimum Gasteiger partial charge on any atom is -0.371 e. The van der Waals surface area contributed by atoms with Gasteiger partial charge in [-0.3, -0.25) is 0 Å². The highest BCUT2D eigenvalue weighted by Crippen LogP contribution is 2.34. The number of rotatable bonds is 3. The van der Waals surface area contributed by atoms with Gasteiger partial charge in [0, 0.05) is 0 Å². The van der Waals surface area contributed by atoms with E-state index in [1.807, 2.05) is 0 Å². The largest absolute Gasteiger partial charge is 0.371 e. The molecule has 0 aromatic rings. The molecular weight excluding hydrogens is 174 g/mol. The number of ether oxygens (including phenoxy) is 1. The van der Waals surface area contributed by atoms with Crippen molar-refractivity contribution < 1.29 is 4.74 Å². The SMILES string of the molecule is CC(C)CC1(C)CCCC(CC#N)O1. The fraction of sp³-hybridized carbons (Fsp3) is 0.917. The van der Waals surface area contributed by atoms with Crippen LogP contribution in [0.25, 0.3) is 0 Å². The Balaban J connectivity index is 2.49. The summed E-state index contributed by atoms with van der Waals surface area (Å²) < 4.78 is 6.00. The van der Waals surface area contributed by atoms with E-state index in [4.69, 9.17) is 10.00 Å². The van der Waals surface area contributed by atoms with Crippen LogP contribution in [0.5, 0.6) is 0 Å². The van der Waals surface area contributed by atoms with Crippen molar-refractivity contribution in [1.82, 2.24) is 0 Å². The third-order valence-electron chi connectivity index (χ3n) is 2.84. The molecule has 2 heteroatoms. The quantitative estimate of drug-likeness (QED) is 0.692. The van der Waals surface area contributed by atoms with Crippen LogP contribution in [-0.4, -0.2) is 11.7 Å². The highest BCUT2D eigenvalue weighted by molar-refractivity contribution is 4.87. The van der Waals surface area contributed by atoms with Crippen molar-refractivity contribution in [2.75, 3.05) is 0 Å². The van der Waals surface area contributed by atoms with E-state index >= 15 is 0 Å². The molecule has 0 spiro atoms. The topological polar surface area (TPSA) is 33.0 Å². The minimum absolute atomic E-state index is 0.0218. The van der Waals surface area contributed by atoms with Crippen molar-refractivity contribution in [3.63, 3.8) is 0 Å². The molecular formula is C12H21NO. The molecule has 1 rings (SSSR count). The van der Waals surface area contributed by atoms with Gasteiger partial charge < -0.3 is 4.74 Å². The maximum Gasteiger partial charge on any atom is 0.0712 e. The maximum absolute atomic E-state index is 8.64. The second-order valence-corrected chi connectivity index (χ2v) is 5.04. The van der Waals surface area contributed by atoms with Gasteiger partial charge in [-0.05, 0) is 38.5 Å². The molecule has 80 valence electrons. The standard InChI is InChI=1S/C12H21NO/c1-10(2)9-12(3)7-4-5-11(14-12)6-8-13/h10-11H,4-7,9H2,1-3H3. The van der Waals surface area contributed by atoms with E-state index in [-0.39, 0.29) is 11.7 Å². The molecule has 0 aromatic heterocycles. The summed E-state index contributed by atoms with van der Waals surface area (Å²) in [5.74, 6) is 0.667. The molecule has 1 aliphatic heterocycles. The van der Waals surface area contributed by atoms with E-state index in [0.29, 0.717) is 12.3 Å². The fourth-order valence-corrected chi connectivity index (χ4v) is 2.48. The van der Waals surface area contributed by atoms with E-state index in [1.54, 1.807) is 0 Å². The molecule has 0 bridgehead atoms. The third kappa shape index (κ3) is 3.31. The average Bonchev–Trinajstić information content (AvgIpc) is 2.01. The smallest absolute Gasteiger partial charge is 0.0712 e. The fourth-order valence-electron chi connectivity index (χ4n) is 2.48. The number of hydrogen-bond acceptors (Lipinski definition) is 2. The molecule has 0 radical (unpaired) electrons. The second-order valence-electron chi connectivity index (χ2n) is 5.04. The molecule has 0 saturated carbocycles. The highest BCUT2D eigenvalue weighted by atomic mass is 16.5. The van der Waals surface area contributed by atoms with Crippen LogP contribution in [0.15, 0.2) is 0 Å². The Morgan fingerprint density at radius 1 is 1.57 bits per heavy atom. The zero-order valence-corrected chi connectivity index (χ0v) is 9.55. The van der Waals surface area contributed by atoms with Gasteiger partial charge >= 0.3 is 0 Å². The van der Waals surface area contributed by atoms with Crippen LogP contribution in [0.3, 0.4) is 0 Å². The number of nitriles is 1. The summed E-state index contributed by atoms with van der Waals surface area (Å²) in [6.45, 7) is 6.64. The van der Waals surface area contributed by atoms with Crippen molar-refractivity contribution in [1.29, 1.82) is 5.26 Å². The van der Waals surface area contributed by atoms with Crippen LogP contribution in [-0.2, 0) is 4.74 Å². The summed E-state index contributed by atoms with van der Waals surface area (Å²) in [7, 11) is 0. The predicted octanol–water partition coefficient (Wildman–Crippen LogP) is 3.27. The van der Waals surface area contributed by atoms with Crippen molar-refractivity contribution in [2.45, 2.75) is 64.6 Å². The summed E-state index contributed by atoms with van der Waals surface area (Å²) >= 11 is 0. The van der Waals surface area contributed by atoms with Crippen LogP contribution in [0.2, 0.25) is 0 Å². The van der Waals surface area contributed by atoms with Crippen LogP contribution in [0.1, 0.15) is 52.9 Å². The molecule has 0 N–H and O–H groups in total. The molecule has 0 aromatic carbocycles. The summed E-state index contributed by atoms with van der Waals surface area (Å²) in [5.41, 5.74) is 0.0218. The summed E-state index contributed by atoms with van der Waals surface area (Å²) in [4.78, 5) is 0. The Hall–Kier alpha value is -0.550. The van der Waals surface area contributed by atoms with E-state index in [1.165, 1.54) is 6.42 Å². The van der Waals surface area contributed by atoms with Gasteiger partial charge in [-0.2, -0.15) is 5.26 Å². The van der Waals surface area contributed by atoms with Crippen LogP contribution >= 0.6 is 0 Å². The molecule has 2 nitrogen and oxygen atoms in total. The summed E-state index contributed by atoms with van der Waals surface area (Å²) in [6, 6.07) is 2.20. The van der Waals surface area contributed by atoms with Gasteiger partial charge in [-0.25, -0.2) is 0 Å². The van der Waals surface area contributed by atoms with Crippen LogP contribution in [0.4, 0.5) is 0 Å². The van der Waals surface area contributed by atoms with Gasteiger partial charge in [0.2, 0.25) is 0 Å². The number of hydrogen-bond donors (Lipinski definition) is 0. The zero-order chi connectivity index (χ0) is 10.6. The Bertz CT molecular complexity index is 219. The lowest BCUT2D eigenvalue weighted by Crippen LogP contribution is -2.39. The van der Waals surface area contributed by atoms with Crippen molar-refractivity contribution in [2.24, 2.45) is 5.92 Å². The lowest BCUT2D eigenvalue weighted by molar-refractivity contribution is -0.124. The average molecular weight is 195 g/mol. The Morgan fingerprint density at radius 2 is 2.29 bits per heavy atom. The normalized spacial score (nSPS) is 32.9. The maximum atomic E-state index is 8.64. The zero-order valence-electron chi connectivity index (χ0n) is 9.55. The number of nitrogens with zero attached hydrogens (tertiary/aromatic N) is 1. The van der Waals surface area contributed by atoms with E-state index < -0.39 is 0 Å².